The molecule has 0 aliphatic rings. The molecule has 0 saturated heterocycles. The highest BCUT2D eigenvalue weighted by atomic mass is 16.5. The van der Waals surface area contributed by atoms with Crippen molar-refractivity contribution in [3.05, 3.63) is 127 Å². The van der Waals surface area contributed by atoms with E-state index in [1.54, 1.807) is 0 Å². The third kappa shape index (κ3) is 3.27. The Labute approximate surface area is 241 Å². The molecule has 1 heterocycles. The molecule has 0 aliphatic heterocycles. The molecule has 0 radical (unpaired) electrons. The maximum atomic E-state index is 9.60. The first kappa shape index (κ1) is 23.4. The molecule has 1 aromatic heterocycles. The highest BCUT2D eigenvalue weighted by Crippen LogP contribution is 2.44. The highest BCUT2D eigenvalue weighted by Gasteiger charge is 2.19. The molecule has 8 aromatic carbocycles. The quantitative estimate of drug-likeness (QED) is 0.179. The lowest BCUT2D eigenvalue weighted by atomic mass is 9.89. The Morgan fingerprint density at radius 3 is 2.00 bits per heavy atom. The van der Waals surface area contributed by atoms with E-state index in [0.29, 0.717) is 11.3 Å². The van der Waals surface area contributed by atoms with Crippen molar-refractivity contribution in [1.29, 1.82) is 0 Å². The van der Waals surface area contributed by atoms with E-state index >= 15 is 0 Å². The normalized spacial score (nSPS) is 11.9. The molecule has 9 rings (SSSR count). The van der Waals surface area contributed by atoms with Crippen LogP contribution >= 0.6 is 0 Å². The largest absolute Gasteiger partial charge is 0.536 e. The van der Waals surface area contributed by atoms with Gasteiger partial charge in [-0.1, -0.05) is 115 Å². The summed E-state index contributed by atoms with van der Waals surface area (Å²) in [6.45, 7) is 0. The second-order valence-corrected chi connectivity index (χ2v) is 10.9. The summed E-state index contributed by atoms with van der Waals surface area (Å²) in [4.78, 5) is 0. The molecule has 0 bridgehead atoms. The number of furan rings is 1. The van der Waals surface area contributed by atoms with Gasteiger partial charge in [-0.2, -0.15) is 0 Å². The SMILES string of the molecule is OBOc1cc2ccccc2c2c1oc1c(-c3cccc(-c4ccc5ccc6cccc7ccc4c5c67)c3)cccc12. The average Bonchev–Trinajstić information content (AvgIpc) is 3.44. The van der Waals surface area contributed by atoms with E-state index in [2.05, 4.69) is 109 Å². The molecule has 0 saturated carbocycles. The van der Waals surface area contributed by atoms with E-state index < -0.39 is 7.69 Å². The van der Waals surface area contributed by atoms with Gasteiger partial charge in [0.1, 0.15) is 11.3 Å². The van der Waals surface area contributed by atoms with Gasteiger partial charge in [-0.3, -0.25) is 0 Å². The van der Waals surface area contributed by atoms with Gasteiger partial charge in [0.15, 0.2) is 5.58 Å². The molecule has 3 nitrogen and oxygen atoms in total. The van der Waals surface area contributed by atoms with Gasteiger partial charge in [0.25, 0.3) is 0 Å². The van der Waals surface area contributed by atoms with Crippen LogP contribution in [0, 0.1) is 0 Å². The number of hydrogen-bond donors (Lipinski definition) is 1. The Balaban J connectivity index is 1.28. The summed E-state index contributed by atoms with van der Waals surface area (Å²) in [5.41, 5.74) is 5.92. The van der Waals surface area contributed by atoms with Crippen LogP contribution < -0.4 is 4.65 Å². The average molecular weight is 538 g/mol. The zero-order valence-corrected chi connectivity index (χ0v) is 22.6. The van der Waals surface area contributed by atoms with Crippen molar-refractivity contribution < 1.29 is 14.1 Å². The zero-order valence-electron chi connectivity index (χ0n) is 22.6. The fraction of sp³-hybridized carbons (Fsp3) is 0. The molecular weight excluding hydrogens is 515 g/mol. The monoisotopic (exact) mass is 538 g/mol. The number of fused-ring (bicyclic) bond motifs is 5. The van der Waals surface area contributed by atoms with Crippen LogP contribution in [0.25, 0.3) is 87.3 Å². The van der Waals surface area contributed by atoms with Crippen LogP contribution in [0.1, 0.15) is 0 Å². The third-order valence-electron chi connectivity index (χ3n) is 8.69. The lowest BCUT2D eigenvalue weighted by molar-refractivity contribution is 0.451. The third-order valence-corrected chi connectivity index (χ3v) is 8.69. The van der Waals surface area contributed by atoms with E-state index in [4.69, 9.17) is 9.07 Å². The molecule has 0 amide bonds. The summed E-state index contributed by atoms with van der Waals surface area (Å²) >= 11 is 0. The van der Waals surface area contributed by atoms with Crippen LogP contribution in [-0.4, -0.2) is 12.7 Å². The Morgan fingerprint density at radius 2 is 1.14 bits per heavy atom. The van der Waals surface area contributed by atoms with E-state index in [1.165, 1.54) is 37.9 Å². The number of hydrogen-bond acceptors (Lipinski definition) is 3. The van der Waals surface area contributed by atoms with E-state index in [1.807, 2.05) is 18.2 Å². The summed E-state index contributed by atoms with van der Waals surface area (Å²) in [5.74, 6) is 0.538. The molecule has 0 fully saturated rings. The molecule has 4 heteroatoms. The Morgan fingerprint density at radius 1 is 0.476 bits per heavy atom. The van der Waals surface area contributed by atoms with Crippen molar-refractivity contribution >= 4 is 72.7 Å². The number of para-hydroxylation sites is 1. The van der Waals surface area contributed by atoms with Gasteiger partial charge in [0.05, 0.1) is 0 Å². The molecule has 0 aliphatic carbocycles. The van der Waals surface area contributed by atoms with Gasteiger partial charge in [-0.25, -0.2) is 0 Å². The maximum absolute atomic E-state index is 9.60. The summed E-state index contributed by atoms with van der Waals surface area (Å²) in [5, 5.41) is 21.4. The van der Waals surface area contributed by atoms with Crippen molar-refractivity contribution in [3.8, 4) is 28.0 Å². The summed E-state index contributed by atoms with van der Waals surface area (Å²) in [7, 11) is -0.418. The van der Waals surface area contributed by atoms with Crippen molar-refractivity contribution in [2.24, 2.45) is 0 Å². The van der Waals surface area contributed by atoms with Gasteiger partial charge >= 0.3 is 7.69 Å². The Bertz CT molecular complexity index is 2470. The minimum absolute atomic E-state index is 0.418. The molecule has 0 unspecified atom stereocenters. The first-order chi connectivity index (χ1) is 20.8. The van der Waals surface area contributed by atoms with Crippen molar-refractivity contribution in [1.82, 2.24) is 0 Å². The van der Waals surface area contributed by atoms with Crippen LogP contribution in [0.3, 0.4) is 0 Å². The molecule has 196 valence electrons. The Hall–Kier alpha value is -5.32. The fourth-order valence-electron chi connectivity index (χ4n) is 6.86. The van der Waals surface area contributed by atoms with E-state index in [0.717, 1.165) is 43.8 Å². The van der Waals surface area contributed by atoms with Crippen LogP contribution in [0.15, 0.2) is 132 Å². The molecule has 42 heavy (non-hydrogen) atoms. The molecule has 1 N–H and O–H groups in total. The van der Waals surface area contributed by atoms with Crippen molar-refractivity contribution in [2.75, 3.05) is 0 Å². The lowest BCUT2D eigenvalue weighted by Crippen LogP contribution is -1.99. The first-order valence-corrected chi connectivity index (χ1v) is 14.2. The number of benzene rings is 8. The van der Waals surface area contributed by atoms with Gasteiger partial charge in [-0.05, 0) is 71.9 Å². The number of rotatable bonds is 4. The second kappa shape index (κ2) is 8.84. The van der Waals surface area contributed by atoms with Crippen LogP contribution in [-0.2, 0) is 0 Å². The standard InChI is InChI=1S/C38H23BO3/c40-39-42-33-21-27-6-1-2-11-29(27)36-32-13-5-12-30(37(32)41-38(33)36)26-10-4-9-25(20-26)28-18-16-24-15-14-22-7-3-8-23-17-19-31(28)35(24)34(22)23/h1-21,39-40H. The molecule has 0 spiro atoms. The minimum Gasteiger partial charge on any atom is -0.536 e. The highest BCUT2D eigenvalue weighted by molar-refractivity contribution is 6.26. The van der Waals surface area contributed by atoms with Crippen LogP contribution in [0.2, 0.25) is 0 Å². The van der Waals surface area contributed by atoms with Crippen molar-refractivity contribution in [3.63, 3.8) is 0 Å². The zero-order chi connectivity index (χ0) is 27.8. The topological polar surface area (TPSA) is 42.6 Å². The molecular formula is C38H23BO3. The predicted octanol–water partition coefficient (Wildman–Crippen LogP) is 9.61. The summed E-state index contributed by atoms with van der Waals surface area (Å²) in [6.07, 6.45) is 0. The summed E-state index contributed by atoms with van der Waals surface area (Å²) in [6, 6.07) is 45.1. The maximum Gasteiger partial charge on any atom is 0.504 e. The van der Waals surface area contributed by atoms with Crippen LogP contribution in [0.5, 0.6) is 5.75 Å². The van der Waals surface area contributed by atoms with Crippen molar-refractivity contribution in [2.45, 2.75) is 0 Å². The predicted molar refractivity (Wildman–Crippen MR) is 176 cm³/mol. The van der Waals surface area contributed by atoms with Gasteiger partial charge in [-0.15, -0.1) is 0 Å². The second-order valence-electron chi connectivity index (χ2n) is 10.9. The minimum atomic E-state index is -0.418. The molecule has 0 atom stereocenters. The van der Waals surface area contributed by atoms with Crippen LogP contribution in [0.4, 0.5) is 0 Å². The summed E-state index contributed by atoms with van der Waals surface area (Å²) < 4.78 is 12.2. The lowest BCUT2D eigenvalue weighted by Gasteiger charge is -2.14. The van der Waals surface area contributed by atoms with E-state index in [9.17, 15) is 5.02 Å². The molecule has 9 aromatic rings. The fourth-order valence-corrected chi connectivity index (χ4v) is 6.86. The first-order valence-electron chi connectivity index (χ1n) is 14.2. The van der Waals surface area contributed by atoms with Gasteiger partial charge in [0.2, 0.25) is 0 Å². The Kier molecular flexibility index (Phi) is 4.92. The van der Waals surface area contributed by atoms with E-state index in [-0.39, 0.29) is 0 Å². The van der Waals surface area contributed by atoms with Gasteiger partial charge < -0.3 is 14.1 Å². The smallest absolute Gasteiger partial charge is 0.504 e. The van der Waals surface area contributed by atoms with Gasteiger partial charge in [0, 0.05) is 16.3 Å².